The van der Waals surface area contributed by atoms with Gasteiger partial charge in [-0.05, 0) is 112 Å². The molecule has 3 rings (SSSR count). The van der Waals surface area contributed by atoms with Crippen molar-refractivity contribution >= 4 is 22.7 Å². The zero-order valence-corrected chi connectivity index (χ0v) is 23.7. The van der Waals surface area contributed by atoms with Gasteiger partial charge in [-0.2, -0.15) is 0 Å². The number of hydrogen-bond donors (Lipinski definition) is 0. The van der Waals surface area contributed by atoms with Crippen molar-refractivity contribution in [3.8, 4) is 11.5 Å². The largest absolute Gasteiger partial charge is 0.494 e. The summed E-state index contributed by atoms with van der Waals surface area (Å²) in [5, 5.41) is 0.743. The van der Waals surface area contributed by atoms with Gasteiger partial charge in [0.25, 0.3) is 0 Å². The smallest absolute Gasteiger partial charge is 0.119 e. The van der Waals surface area contributed by atoms with Gasteiger partial charge in [0.15, 0.2) is 0 Å². The van der Waals surface area contributed by atoms with Crippen molar-refractivity contribution in [2.24, 2.45) is 0 Å². The first-order valence-electron chi connectivity index (χ1n) is 13.1. The van der Waals surface area contributed by atoms with Crippen LogP contribution in [0.2, 0.25) is 5.02 Å². The van der Waals surface area contributed by atoms with Gasteiger partial charge in [-0.15, -0.1) is 0 Å². The lowest BCUT2D eigenvalue weighted by molar-refractivity contribution is 0.281. The number of halogens is 1. The van der Waals surface area contributed by atoms with E-state index < -0.39 is 0 Å². The minimum atomic E-state index is 0.710. The SMILES string of the molecule is CCC(=C(c1ccc(OCCCN(C)C)cc1)c1ccc(OCCCN(C)C)cc1)c1ccc(Cl)cc1. The summed E-state index contributed by atoms with van der Waals surface area (Å²) in [4.78, 5) is 4.35. The number of hydrogen-bond acceptors (Lipinski definition) is 4. The second-order valence-corrected chi connectivity index (χ2v) is 10.2. The summed E-state index contributed by atoms with van der Waals surface area (Å²) in [6, 6.07) is 25.1. The number of ether oxygens (including phenoxy) is 2. The fraction of sp³-hybridized carbons (Fsp3) is 0.375. The van der Waals surface area contributed by atoms with Crippen molar-refractivity contribution in [1.82, 2.24) is 9.80 Å². The van der Waals surface area contributed by atoms with Crippen LogP contribution in [0.25, 0.3) is 11.1 Å². The normalized spacial score (nSPS) is 11.1. The summed E-state index contributed by atoms with van der Waals surface area (Å²) in [7, 11) is 8.33. The van der Waals surface area contributed by atoms with Gasteiger partial charge in [-0.1, -0.05) is 54.9 Å². The molecule has 0 spiro atoms. The van der Waals surface area contributed by atoms with Crippen LogP contribution in [-0.2, 0) is 0 Å². The lowest BCUT2D eigenvalue weighted by Gasteiger charge is -2.18. The average molecular weight is 521 g/mol. The van der Waals surface area contributed by atoms with Crippen molar-refractivity contribution < 1.29 is 9.47 Å². The third-order valence-electron chi connectivity index (χ3n) is 6.17. The highest BCUT2D eigenvalue weighted by Crippen LogP contribution is 2.36. The molecule has 0 aliphatic carbocycles. The van der Waals surface area contributed by atoms with Crippen LogP contribution in [0.4, 0.5) is 0 Å². The Kier molecular flexibility index (Phi) is 11.5. The molecule has 0 fully saturated rings. The summed E-state index contributed by atoms with van der Waals surface area (Å²) in [6.45, 7) is 5.65. The van der Waals surface area contributed by atoms with Crippen LogP contribution < -0.4 is 9.47 Å². The topological polar surface area (TPSA) is 24.9 Å². The minimum absolute atomic E-state index is 0.710. The van der Waals surface area contributed by atoms with Gasteiger partial charge in [-0.3, -0.25) is 0 Å². The number of allylic oxidation sites excluding steroid dienone is 1. The van der Waals surface area contributed by atoms with E-state index in [0.717, 1.165) is 60.0 Å². The van der Waals surface area contributed by atoms with Gasteiger partial charge < -0.3 is 19.3 Å². The van der Waals surface area contributed by atoms with Crippen LogP contribution in [0, 0.1) is 0 Å². The molecule has 0 aliphatic heterocycles. The Morgan fingerprint density at radius 2 is 1.03 bits per heavy atom. The fourth-order valence-corrected chi connectivity index (χ4v) is 4.39. The Balaban J connectivity index is 1.88. The van der Waals surface area contributed by atoms with E-state index in [2.05, 4.69) is 106 Å². The molecule has 0 saturated carbocycles. The van der Waals surface area contributed by atoms with Crippen LogP contribution in [0.1, 0.15) is 42.9 Å². The van der Waals surface area contributed by atoms with E-state index in [1.54, 1.807) is 0 Å². The summed E-state index contributed by atoms with van der Waals surface area (Å²) < 4.78 is 12.0. The lowest BCUT2D eigenvalue weighted by atomic mass is 9.88. The maximum absolute atomic E-state index is 6.20. The first kappa shape index (κ1) is 28.8. The monoisotopic (exact) mass is 520 g/mol. The molecule has 0 bridgehead atoms. The van der Waals surface area contributed by atoms with Crippen molar-refractivity contribution in [3.63, 3.8) is 0 Å². The highest BCUT2D eigenvalue weighted by molar-refractivity contribution is 6.30. The molecule has 0 atom stereocenters. The van der Waals surface area contributed by atoms with Crippen LogP contribution in [-0.4, -0.2) is 64.3 Å². The van der Waals surface area contributed by atoms with Crippen LogP contribution in [0.15, 0.2) is 72.8 Å². The highest BCUT2D eigenvalue weighted by Gasteiger charge is 2.14. The van der Waals surface area contributed by atoms with Gasteiger partial charge in [0.2, 0.25) is 0 Å². The first-order chi connectivity index (χ1) is 17.9. The van der Waals surface area contributed by atoms with Gasteiger partial charge in [0.1, 0.15) is 11.5 Å². The highest BCUT2D eigenvalue weighted by atomic mass is 35.5. The molecule has 0 unspecified atom stereocenters. The molecule has 3 aromatic rings. The van der Waals surface area contributed by atoms with Crippen molar-refractivity contribution in [1.29, 1.82) is 0 Å². The van der Waals surface area contributed by atoms with E-state index in [-0.39, 0.29) is 0 Å². The predicted molar refractivity (Wildman–Crippen MR) is 158 cm³/mol. The third-order valence-corrected chi connectivity index (χ3v) is 6.42. The van der Waals surface area contributed by atoms with E-state index in [1.807, 2.05) is 12.1 Å². The first-order valence-corrected chi connectivity index (χ1v) is 13.5. The van der Waals surface area contributed by atoms with Crippen molar-refractivity contribution in [2.75, 3.05) is 54.5 Å². The Morgan fingerprint density at radius 1 is 0.622 bits per heavy atom. The second-order valence-electron chi connectivity index (χ2n) is 9.77. The average Bonchev–Trinajstić information content (AvgIpc) is 2.89. The standard InChI is InChI=1S/C32H41ClN2O2/c1-6-31(25-9-15-28(33)16-10-25)32(26-11-17-29(18-12-26)36-23-7-21-34(2)3)27-13-19-30(20-14-27)37-24-8-22-35(4)5/h9-20H,6-8,21-24H2,1-5H3. The molecule has 4 nitrogen and oxygen atoms in total. The maximum atomic E-state index is 6.20. The Morgan fingerprint density at radius 3 is 1.41 bits per heavy atom. The molecule has 5 heteroatoms. The Hall–Kier alpha value is -2.79. The summed E-state index contributed by atoms with van der Waals surface area (Å²) in [6.07, 6.45) is 2.89. The lowest BCUT2D eigenvalue weighted by Crippen LogP contribution is -2.15. The van der Waals surface area contributed by atoms with E-state index in [4.69, 9.17) is 21.1 Å². The molecular formula is C32H41ClN2O2. The number of rotatable bonds is 14. The number of benzene rings is 3. The van der Waals surface area contributed by atoms with E-state index in [9.17, 15) is 0 Å². The van der Waals surface area contributed by atoms with Gasteiger partial charge >= 0.3 is 0 Å². The van der Waals surface area contributed by atoms with Gasteiger partial charge in [0.05, 0.1) is 13.2 Å². The van der Waals surface area contributed by atoms with E-state index in [0.29, 0.717) is 13.2 Å². The number of nitrogens with zero attached hydrogens (tertiary/aromatic N) is 2. The molecule has 37 heavy (non-hydrogen) atoms. The second kappa shape index (κ2) is 14.8. The Bertz CT molecular complexity index is 1040. The zero-order chi connectivity index (χ0) is 26.6. The van der Waals surface area contributed by atoms with Crippen molar-refractivity contribution in [2.45, 2.75) is 26.2 Å². The minimum Gasteiger partial charge on any atom is -0.494 e. The Labute approximate surface area is 228 Å². The van der Waals surface area contributed by atoms with E-state index in [1.165, 1.54) is 16.7 Å². The summed E-state index contributed by atoms with van der Waals surface area (Å²) >= 11 is 6.20. The molecule has 3 aromatic carbocycles. The molecular weight excluding hydrogens is 480 g/mol. The van der Waals surface area contributed by atoms with Crippen molar-refractivity contribution in [3.05, 3.63) is 94.5 Å². The quantitative estimate of drug-likeness (QED) is 0.164. The molecule has 0 heterocycles. The molecule has 0 saturated heterocycles. The van der Waals surface area contributed by atoms with Crippen LogP contribution >= 0.6 is 11.6 Å². The molecule has 198 valence electrons. The fourth-order valence-electron chi connectivity index (χ4n) is 4.27. The third kappa shape index (κ3) is 9.23. The zero-order valence-electron chi connectivity index (χ0n) is 23.0. The van der Waals surface area contributed by atoms with Gasteiger partial charge in [-0.25, -0.2) is 0 Å². The van der Waals surface area contributed by atoms with Crippen LogP contribution in [0.5, 0.6) is 11.5 Å². The summed E-state index contributed by atoms with van der Waals surface area (Å²) in [5.41, 5.74) is 5.98. The molecule has 0 radical (unpaired) electrons. The molecule has 0 amide bonds. The molecule has 0 aromatic heterocycles. The maximum Gasteiger partial charge on any atom is 0.119 e. The molecule has 0 N–H and O–H groups in total. The van der Waals surface area contributed by atoms with Crippen LogP contribution in [0.3, 0.4) is 0 Å². The van der Waals surface area contributed by atoms with Gasteiger partial charge in [0, 0.05) is 18.1 Å². The summed E-state index contributed by atoms with van der Waals surface area (Å²) in [5.74, 6) is 1.79. The predicted octanol–water partition coefficient (Wildman–Crippen LogP) is 7.37. The van der Waals surface area contributed by atoms with E-state index >= 15 is 0 Å². The molecule has 0 aliphatic rings.